The summed E-state index contributed by atoms with van der Waals surface area (Å²) in [6, 6.07) is 2.78. The summed E-state index contributed by atoms with van der Waals surface area (Å²) in [4.78, 5) is 21.7. The minimum atomic E-state index is -0.873. The first kappa shape index (κ1) is 16.9. The van der Waals surface area contributed by atoms with Gasteiger partial charge in [-0.3, -0.25) is 14.9 Å². The summed E-state index contributed by atoms with van der Waals surface area (Å²) in [6.07, 6.45) is 3.98. The number of unbranched alkanes of at least 4 members (excludes halogenated alkanes) is 2. The van der Waals surface area contributed by atoms with Crippen LogP contribution in [0.1, 0.15) is 62.4 Å². The molecule has 116 valence electrons. The quantitative estimate of drug-likeness (QED) is 0.457. The van der Waals surface area contributed by atoms with Crippen molar-refractivity contribution in [2.45, 2.75) is 51.9 Å². The van der Waals surface area contributed by atoms with Crippen LogP contribution in [-0.4, -0.2) is 15.9 Å². The molecule has 0 aromatic heterocycles. The van der Waals surface area contributed by atoms with E-state index in [4.69, 9.17) is 5.73 Å². The molecule has 0 spiro atoms. The van der Waals surface area contributed by atoms with Crippen molar-refractivity contribution in [3.8, 4) is 5.75 Å². The predicted molar refractivity (Wildman–Crippen MR) is 80.4 cm³/mol. The monoisotopic (exact) mass is 294 g/mol. The molecule has 1 rings (SSSR count). The van der Waals surface area contributed by atoms with Crippen LogP contribution >= 0.6 is 0 Å². The molecule has 0 fully saturated rings. The summed E-state index contributed by atoms with van der Waals surface area (Å²) in [6.45, 7) is 6.02. The lowest BCUT2D eigenvalue weighted by atomic mass is 9.79. The Labute approximate surface area is 124 Å². The first-order chi connectivity index (χ1) is 9.70. The van der Waals surface area contributed by atoms with E-state index >= 15 is 0 Å². The second kappa shape index (κ2) is 6.56. The molecule has 0 aliphatic rings. The van der Waals surface area contributed by atoms with Crippen molar-refractivity contribution >= 4 is 11.6 Å². The number of phenols is 1. The highest BCUT2D eigenvalue weighted by molar-refractivity contribution is 5.97. The van der Waals surface area contributed by atoms with Crippen molar-refractivity contribution in [3.05, 3.63) is 33.4 Å². The van der Waals surface area contributed by atoms with Gasteiger partial charge in [0.25, 0.3) is 5.91 Å². The van der Waals surface area contributed by atoms with E-state index in [9.17, 15) is 20.0 Å². The predicted octanol–water partition coefficient (Wildman–Crippen LogP) is 3.26. The number of carbonyl (C=O) groups is 1. The van der Waals surface area contributed by atoms with E-state index in [-0.39, 0.29) is 11.0 Å². The topological polar surface area (TPSA) is 106 Å². The van der Waals surface area contributed by atoms with Crippen LogP contribution in [-0.2, 0) is 5.41 Å². The molecule has 1 aromatic rings. The third kappa shape index (κ3) is 3.93. The smallest absolute Gasteiger partial charge is 0.311 e. The van der Waals surface area contributed by atoms with Crippen molar-refractivity contribution in [2.75, 3.05) is 0 Å². The van der Waals surface area contributed by atoms with E-state index in [0.717, 1.165) is 25.7 Å². The third-order valence-corrected chi connectivity index (χ3v) is 3.74. The minimum Gasteiger partial charge on any atom is -0.502 e. The van der Waals surface area contributed by atoms with Gasteiger partial charge in [0.1, 0.15) is 0 Å². The molecule has 0 bridgehead atoms. The molecule has 6 heteroatoms. The summed E-state index contributed by atoms with van der Waals surface area (Å²) in [5.41, 5.74) is 4.81. The molecule has 21 heavy (non-hydrogen) atoms. The minimum absolute atomic E-state index is 0.206. The van der Waals surface area contributed by atoms with E-state index in [0.29, 0.717) is 5.56 Å². The van der Waals surface area contributed by atoms with Crippen molar-refractivity contribution in [3.63, 3.8) is 0 Å². The Morgan fingerprint density at radius 2 is 2.00 bits per heavy atom. The summed E-state index contributed by atoms with van der Waals surface area (Å²) in [7, 11) is 0. The first-order valence-corrected chi connectivity index (χ1v) is 7.02. The summed E-state index contributed by atoms with van der Waals surface area (Å²) in [5.74, 6) is -1.54. The van der Waals surface area contributed by atoms with Gasteiger partial charge in [0.05, 0.1) is 10.5 Å². The number of hydrogen-bond donors (Lipinski definition) is 2. The molecule has 0 aliphatic carbocycles. The lowest BCUT2D eigenvalue weighted by Gasteiger charge is -2.25. The van der Waals surface area contributed by atoms with Gasteiger partial charge in [0.15, 0.2) is 0 Å². The molecule has 6 nitrogen and oxygen atoms in total. The van der Waals surface area contributed by atoms with E-state index in [1.807, 2.05) is 13.8 Å². The van der Waals surface area contributed by atoms with E-state index < -0.39 is 22.3 Å². The lowest BCUT2D eigenvalue weighted by Crippen LogP contribution is -2.20. The maximum Gasteiger partial charge on any atom is 0.311 e. The number of nitro groups is 1. The zero-order chi connectivity index (χ0) is 16.2. The van der Waals surface area contributed by atoms with Crippen molar-refractivity contribution in [1.82, 2.24) is 0 Å². The van der Waals surface area contributed by atoms with Crippen LogP contribution in [0.15, 0.2) is 12.1 Å². The fourth-order valence-corrected chi connectivity index (χ4v) is 2.30. The molecule has 3 N–H and O–H groups in total. The molecule has 1 aromatic carbocycles. The Balaban J connectivity index is 3.29. The Morgan fingerprint density at radius 1 is 1.38 bits per heavy atom. The second-order valence-electron chi connectivity index (χ2n) is 5.85. The highest BCUT2D eigenvalue weighted by Gasteiger charge is 2.28. The zero-order valence-corrected chi connectivity index (χ0v) is 12.7. The van der Waals surface area contributed by atoms with Crippen LogP contribution in [0.2, 0.25) is 0 Å². The van der Waals surface area contributed by atoms with Gasteiger partial charge in [-0.15, -0.1) is 0 Å². The summed E-state index contributed by atoms with van der Waals surface area (Å²) in [5, 5.41) is 20.8. The van der Waals surface area contributed by atoms with Gasteiger partial charge in [-0.05, 0) is 23.5 Å². The molecule has 0 atom stereocenters. The SMILES string of the molecule is CCCCCC(C)(C)c1cc(C(N)=O)c(O)c([N+](=O)[O-])c1. The number of nitro benzene ring substituents is 1. The molecule has 0 heterocycles. The molecule has 0 saturated heterocycles. The molecule has 0 aliphatic heterocycles. The number of amides is 1. The number of nitrogens with zero attached hydrogens (tertiary/aromatic N) is 1. The zero-order valence-electron chi connectivity index (χ0n) is 12.7. The van der Waals surface area contributed by atoms with Gasteiger partial charge >= 0.3 is 5.69 Å². The third-order valence-electron chi connectivity index (χ3n) is 3.74. The number of primary amides is 1. The fraction of sp³-hybridized carbons (Fsp3) is 0.533. The number of hydrogen-bond acceptors (Lipinski definition) is 4. The Morgan fingerprint density at radius 3 is 2.48 bits per heavy atom. The Bertz CT molecular complexity index is 518. The average Bonchev–Trinajstić information content (AvgIpc) is 2.38. The van der Waals surface area contributed by atoms with Gasteiger partial charge in [0.2, 0.25) is 5.75 Å². The van der Waals surface area contributed by atoms with Crippen LogP contribution in [0.4, 0.5) is 5.69 Å². The maximum absolute atomic E-state index is 11.4. The molecular formula is C15H22N2O4. The van der Waals surface area contributed by atoms with Gasteiger partial charge in [-0.25, -0.2) is 0 Å². The van der Waals surface area contributed by atoms with E-state index in [1.54, 1.807) is 0 Å². The normalized spacial score (nSPS) is 11.4. The first-order valence-electron chi connectivity index (χ1n) is 7.02. The number of benzene rings is 1. The van der Waals surface area contributed by atoms with Crippen LogP contribution in [0.3, 0.4) is 0 Å². The molecule has 0 radical (unpaired) electrons. The number of nitrogens with two attached hydrogens (primary N) is 1. The number of rotatable bonds is 7. The largest absolute Gasteiger partial charge is 0.502 e. The van der Waals surface area contributed by atoms with Crippen LogP contribution in [0.5, 0.6) is 5.75 Å². The molecular weight excluding hydrogens is 272 g/mol. The average molecular weight is 294 g/mol. The highest BCUT2D eigenvalue weighted by atomic mass is 16.6. The van der Waals surface area contributed by atoms with Crippen molar-refractivity contribution in [1.29, 1.82) is 0 Å². The lowest BCUT2D eigenvalue weighted by molar-refractivity contribution is -0.386. The Hall–Kier alpha value is -2.11. The van der Waals surface area contributed by atoms with Crippen LogP contribution in [0, 0.1) is 10.1 Å². The standard InChI is InChI=1S/C15H22N2O4/c1-4-5-6-7-15(2,3)10-8-11(14(16)19)13(18)12(9-10)17(20)21/h8-9,18H,4-7H2,1-3H3,(H2,16,19). The molecule has 0 unspecified atom stereocenters. The fourth-order valence-electron chi connectivity index (χ4n) is 2.30. The van der Waals surface area contributed by atoms with E-state index in [2.05, 4.69) is 6.92 Å². The van der Waals surface area contributed by atoms with Crippen LogP contribution in [0.25, 0.3) is 0 Å². The second-order valence-corrected chi connectivity index (χ2v) is 5.85. The van der Waals surface area contributed by atoms with Crippen molar-refractivity contribution in [2.24, 2.45) is 5.73 Å². The highest BCUT2D eigenvalue weighted by Crippen LogP contribution is 2.37. The van der Waals surface area contributed by atoms with Crippen LogP contribution < -0.4 is 5.73 Å². The summed E-state index contributed by atoms with van der Waals surface area (Å²) < 4.78 is 0. The maximum atomic E-state index is 11.4. The number of aromatic hydroxyl groups is 1. The molecule has 0 saturated carbocycles. The van der Waals surface area contributed by atoms with Gasteiger partial charge in [-0.2, -0.15) is 0 Å². The van der Waals surface area contributed by atoms with E-state index in [1.165, 1.54) is 12.1 Å². The van der Waals surface area contributed by atoms with Gasteiger partial charge < -0.3 is 10.8 Å². The van der Waals surface area contributed by atoms with Gasteiger partial charge in [0, 0.05) is 6.07 Å². The van der Waals surface area contributed by atoms with Gasteiger partial charge in [-0.1, -0.05) is 40.0 Å². The molecule has 1 amide bonds. The number of carbonyl (C=O) groups excluding carboxylic acids is 1. The van der Waals surface area contributed by atoms with Crippen molar-refractivity contribution < 1.29 is 14.8 Å². The summed E-state index contributed by atoms with van der Waals surface area (Å²) >= 11 is 0. The Kier molecular flexibility index (Phi) is 5.29.